The number of pyridine rings is 1. The van der Waals surface area contributed by atoms with E-state index in [0.29, 0.717) is 25.4 Å². The molecule has 0 fully saturated rings. The summed E-state index contributed by atoms with van der Waals surface area (Å²) >= 11 is 0. The summed E-state index contributed by atoms with van der Waals surface area (Å²) in [6.07, 6.45) is 5.01. The summed E-state index contributed by atoms with van der Waals surface area (Å²) in [7, 11) is 0. The number of amides is 1. The van der Waals surface area contributed by atoms with Crippen molar-refractivity contribution in [2.24, 2.45) is 11.7 Å². The van der Waals surface area contributed by atoms with Gasteiger partial charge in [0.2, 0.25) is 5.91 Å². The van der Waals surface area contributed by atoms with Gasteiger partial charge in [0.1, 0.15) is 0 Å². The molecule has 100 valence electrons. The molecule has 0 radical (unpaired) electrons. The van der Waals surface area contributed by atoms with Crippen LogP contribution in [0.15, 0.2) is 24.5 Å². The maximum atomic E-state index is 12.2. The molecule has 1 rings (SSSR count). The van der Waals surface area contributed by atoms with E-state index in [1.807, 2.05) is 24.0 Å². The van der Waals surface area contributed by atoms with Crippen molar-refractivity contribution in [3.63, 3.8) is 0 Å². The largest absolute Gasteiger partial charge is 0.339 e. The van der Waals surface area contributed by atoms with Gasteiger partial charge in [-0.15, -0.1) is 0 Å². The Balaban J connectivity index is 2.58. The highest BCUT2D eigenvalue weighted by Gasteiger charge is 2.16. The van der Waals surface area contributed by atoms with Gasteiger partial charge < -0.3 is 10.6 Å². The standard InChI is InChI=1S/C14H23N3O/c1-3-12(10-15)9-14(18)17(4-2)11-13-5-7-16-8-6-13/h5-8,12H,3-4,9-11,15H2,1-2H3. The summed E-state index contributed by atoms with van der Waals surface area (Å²) in [5.41, 5.74) is 6.76. The number of carbonyl (C=O) groups excluding carboxylic acids is 1. The Kier molecular flexibility index (Phi) is 6.36. The zero-order chi connectivity index (χ0) is 13.4. The van der Waals surface area contributed by atoms with Crippen LogP contribution in [0.5, 0.6) is 0 Å². The minimum Gasteiger partial charge on any atom is -0.339 e. The summed E-state index contributed by atoms with van der Waals surface area (Å²) in [5.74, 6) is 0.482. The lowest BCUT2D eigenvalue weighted by Gasteiger charge is -2.23. The Hall–Kier alpha value is -1.42. The van der Waals surface area contributed by atoms with Crippen LogP contribution in [0.25, 0.3) is 0 Å². The normalized spacial score (nSPS) is 12.2. The highest BCUT2D eigenvalue weighted by molar-refractivity contribution is 5.76. The fraction of sp³-hybridized carbons (Fsp3) is 0.571. The summed E-state index contributed by atoms with van der Waals surface area (Å²) in [5, 5.41) is 0. The molecule has 0 aliphatic carbocycles. The Morgan fingerprint density at radius 3 is 2.56 bits per heavy atom. The molecular formula is C14H23N3O. The first-order valence-electron chi connectivity index (χ1n) is 6.57. The number of hydrogen-bond donors (Lipinski definition) is 1. The van der Waals surface area contributed by atoms with Gasteiger partial charge in [-0.2, -0.15) is 0 Å². The van der Waals surface area contributed by atoms with Gasteiger partial charge in [0.05, 0.1) is 0 Å². The van der Waals surface area contributed by atoms with E-state index < -0.39 is 0 Å². The number of nitrogens with two attached hydrogens (primary N) is 1. The van der Waals surface area contributed by atoms with Gasteiger partial charge in [0, 0.05) is 31.9 Å². The lowest BCUT2D eigenvalue weighted by Crippen LogP contribution is -2.33. The van der Waals surface area contributed by atoms with E-state index in [1.54, 1.807) is 12.4 Å². The molecule has 18 heavy (non-hydrogen) atoms. The topological polar surface area (TPSA) is 59.2 Å². The van der Waals surface area contributed by atoms with E-state index in [4.69, 9.17) is 5.73 Å². The monoisotopic (exact) mass is 249 g/mol. The molecule has 4 nitrogen and oxygen atoms in total. The predicted octanol–water partition coefficient (Wildman–Crippen LogP) is 1.81. The number of aromatic nitrogens is 1. The average Bonchev–Trinajstić information content (AvgIpc) is 2.43. The van der Waals surface area contributed by atoms with Crippen molar-refractivity contribution in [1.82, 2.24) is 9.88 Å². The van der Waals surface area contributed by atoms with Crippen LogP contribution in [0, 0.1) is 5.92 Å². The molecule has 4 heteroatoms. The predicted molar refractivity (Wildman–Crippen MR) is 72.8 cm³/mol. The van der Waals surface area contributed by atoms with Gasteiger partial charge in [-0.3, -0.25) is 9.78 Å². The number of hydrogen-bond acceptors (Lipinski definition) is 3. The molecule has 0 saturated heterocycles. The maximum absolute atomic E-state index is 12.2. The van der Waals surface area contributed by atoms with Gasteiger partial charge in [-0.05, 0) is 37.1 Å². The minimum absolute atomic E-state index is 0.187. The van der Waals surface area contributed by atoms with Crippen LogP contribution in [-0.4, -0.2) is 28.9 Å². The minimum atomic E-state index is 0.187. The number of rotatable bonds is 7. The highest BCUT2D eigenvalue weighted by Crippen LogP contribution is 2.11. The summed E-state index contributed by atoms with van der Waals surface area (Å²) < 4.78 is 0. The molecule has 1 aromatic rings. The molecule has 0 aromatic carbocycles. The third kappa shape index (κ3) is 4.45. The first-order valence-corrected chi connectivity index (χ1v) is 6.57. The van der Waals surface area contributed by atoms with Crippen LogP contribution in [0.3, 0.4) is 0 Å². The van der Waals surface area contributed by atoms with Gasteiger partial charge in [0.25, 0.3) is 0 Å². The van der Waals surface area contributed by atoms with Crippen molar-refractivity contribution in [2.75, 3.05) is 13.1 Å². The first-order chi connectivity index (χ1) is 8.71. The van der Waals surface area contributed by atoms with Crippen molar-refractivity contribution >= 4 is 5.91 Å². The fourth-order valence-electron chi connectivity index (χ4n) is 1.86. The van der Waals surface area contributed by atoms with E-state index >= 15 is 0 Å². The molecule has 1 atom stereocenters. The van der Waals surface area contributed by atoms with E-state index in [0.717, 1.165) is 18.5 Å². The second-order valence-corrected chi connectivity index (χ2v) is 4.48. The third-order valence-electron chi connectivity index (χ3n) is 3.23. The zero-order valence-electron chi connectivity index (χ0n) is 11.3. The molecular weight excluding hydrogens is 226 g/mol. The van der Waals surface area contributed by atoms with Gasteiger partial charge in [0.15, 0.2) is 0 Å². The van der Waals surface area contributed by atoms with Crippen molar-refractivity contribution < 1.29 is 4.79 Å². The Morgan fingerprint density at radius 2 is 2.06 bits per heavy atom. The summed E-state index contributed by atoms with van der Waals surface area (Å²) in [6.45, 7) is 6.03. The van der Waals surface area contributed by atoms with Crippen LogP contribution in [0.4, 0.5) is 0 Å². The van der Waals surface area contributed by atoms with Crippen molar-refractivity contribution in [3.8, 4) is 0 Å². The van der Waals surface area contributed by atoms with E-state index in [9.17, 15) is 4.79 Å². The molecule has 1 unspecified atom stereocenters. The quantitative estimate of drug-likeness (QED) is 0.801. The van der Waals surface area contributed by atoms with Gasteiger partial charge in [-0.25, -0.2) is 0 Å². The summed E-state index contributed by atoms with van der Waals surface area (Å²) in [6, 6.07) is 3.88. The number of carbonyl (C=O) groups is 1. The second-order valence-electron chi connectivity index (χ2n) is 4.48. The van der Waals surface area contributed by atoms with Crippen LogP contribution < -0.4 is 5.73 Å². The van der Waals surface area contributed by atoms with Gasteiger partial charge in [-0.1, -0.05) is 13.3 Å². The molecule has 1 aromatic heterocycles. The van der Waals surface area contributed by atoms with E-state index in [-0.39, 0.29) is 5.91 Å². The molecule has 0 saturated carbocycles. The lowest BCUT2D eigenvalue weighted by molar-refractivity contribution is -0.132. The lowest BCUT2D eigenvalue weighted by atomic mass is 10.0. The first kappa shape index (κ1) is 14.6. The molecule has 0 aliphatic rings. The van der Waals surface area contributed by atoms with E-state index in [2.05, 4.69) is 11.9 Å². The van der Waals surface area contributed by atoms with Crippen LogP contribution in [0.2, 0.25) is 0 Å². The maximum Gasteiger partial charge on any atom is 0.223 e. The number of nitrogens with zero attached hydrogens (tertiary/aromatic N) is 2. The van der Waals surface area contributed by atoms with Gasteiger partial charge >= 0.3 is 0 Å². The molecule has 0 bridgehead atoms. The third-order valence-corrected chi connectivity index (χ3v) is 3.23. The van der Waals surface area contributed by atoms with Crippen molar-refractivity contribution in [2.45, 2.75) is 33.2 Å². The molecule has 0 spiro atoms. The van der Waals surface area contributed by atoms with Crippen LogP contribution >= 0.6 is 0 Å². The Bertz CT molecular complexity index is 349. The molecule has 1 amide bonds. The SMILES string of the molecule is CCC(CN)CC(=O)N(CC)Cc1ccncc1. The summed E-state index contributed by atoms with van der Waals surface area (Å²) in [4.78, 5) is 18.0. The Labute approximate surface area is 109 Å². The second kappa shape index (κ2) is 7.82. The average molecular weight is 249 g/mol. The molecule has 0 aliphatic heterocycles. The molecule has 2 N–H and O–H groups in total. The van der Waals surface area contributed by atoms with Crippen molar-refractivity contribution in [1.29, 1.82) is 0 Å². The molecule has 1 heterocycles. The highest BCUT2D eigenvalue weighted by atomic mass is 16.2. The van der Waals surface area contributed by atoms with Crippen LogP contribution in [-0.2, 0) is 11.3 Å². The smallest absolute Gasteiger partial charge is 0.223 e. The van der Waals surface area contributed by atoms with Crippen LogP contribution in [0.1, 0.15) is 32.3 Å². The zero-order valence-corrected chi connectivity index (χ0v) is 11.3. The van der Waals surface area contributed by atoms with Crippen molar-refractivity contribution in [3.05, 3.63) is 30.1 Å². The fourth-order valence-corrected chi connectivity index (χ4v) is 1.86. The Morgan fingerprint density at radius 1 is 1.39 bits per heavy atom. The van der Waals surface area contributed by atoms with E-state index in [1.165, 1.54) is 0 Å².